The molecule has 0 fully saturated rings. The van der Waals surface area contributed by atoms with Crippen molar-refractivity contribution in [2.75, 3.05) is 0 Å². The summed E-state index contributed by atoms with van der Waals surface area (Å²) in [6.07, 6.45) is 0. The van der Waals surface area contributed by atoms with E-state index in [1.54, 1.807) is 0 Å². The summed E-state index contributed by atoms with van der Waals surface area (Å²) in [5.41, 5.74) is 17.1. The maximum absolute atomic E-state index is 5.47. The van der Waals surface area contributed by atoms with E-state index < -0.39 is 0 Å². The molecule has 70 heavy (non-hydrogen) atoms. The fourth-order valence-electron chi connectivity index (χ4n) is 8.94. The SMILES string of the molecule is c1ccc(-c2cc(-c3ccccc3)c3nc(-c4ccc(-c5cc(-c6ccccc6)nc(-c6ccccc6)n5)cc4)nc(-c4ccc(-c5cc(-c6ccccc6)nc(-c6ccccc6)n5)cc4)c3c2)cc1. The normalized spacial score (nSPS) is 11.1. The number of nitrogens with zero attached hydrogens (tertiary/aromatic N) is 6. The maximum atomic E-state index is 5.47. The minimum Gasteiger partial charge on any atom is -0.228 e. The summed E-state index contributed by atoms with van der Waals surface area (Å²) in [6, 6.07) is 87.4. The van der Waals surface area contributed by atoms with Gasteiger partial charge in [-0.25, -0.2) is 29.9 Å². The highest BCUT2D eigenvalue weighted by Gasteiger charge is 2.19. The molecule has 0 aliphatic heterocycles. The summed E-state index contributed by atoms with van der Waals surface area (Å²) in [4.78, 5) is 31.2. The van der Waals surface area contributed by atoms with Crippen LogP contribution in [0.4, 0.5) is 0 Å². The van der Waals surface area contributed by atoms with Crippen molar-refractivity contribution in [2.24, 2.45) is 0 Å². The van der Waals surface area contributed by atoms with Crippen LogP contribution in [0.15, 0.2) is 255 Å². The lowest BCUT2D eigenvalue weighted by atomic mass is 9.93. The maximum Gasteiger partial charge on any atom is 0.160 e. The Hall–Kier alpha value is -9.52. The van der Waals surface area contributed by atoms with Crippen molar-refractivity contribution in [3.05, 3.63) is 255 Å². The third-order valence-electron chi connectivity index (χ3n) is 12.5. The van der Waals surface area contributed by atoms with E-state index in [1.165, 1.54) is 0 Å². The van der Waals surface area contributed by atoms with Crippen LogP contribution in [0.25, 0.3) is 124 Å². The van der Waals surface area contributed by atoms with Crippen LogP contribution in [0, 0.1) is 0 Å². The highest BCUT2D eigenvalue weighted by atomic mass is 14.9. The van der Waals surface area contributed by atoms with Gasteiger partial charge in [-0.15, -0.1) is 0 Å². The molecular formula is C64H42N6. The van der Waals surface area contributed by atoms with Gasteiger partial charge in [0.1, 0.15) is 0 Å². The monoisotopic (exact) mass is 894 g/mol. The zero-order valence-electron chi connectivity index (χ0n) is 37.9. The van der Waals surface area contributed by atoms with Crippen molar-refractivity contribution in [1.82, 2.24) is 29.9 Å². The highest BCUT2D eigenvalue weighted by Crippen LogP contribution is 2.40. The molecule has 0 amide bonds. The zero-order valence-corrected chi connectivity index (χ0v) is 37.9. The topological polar surface area (TPSA) is 77.3 Å². The molecule has 0 saturated heterocycles. The standard InChI is InChI=1S/C64H42N6/c1-7-19-43(20-8-1)53-39-54(44-21-9-2-10-22-44)61-55(40-53)60(49-35-31-47(32-36-49)58-41-56(45-23-11-3-12-24-45)65-62(67-58)50-27-15-5-16-28-50)69-64(70-61)52-37-33-48(34-38-52)59-42-57(46-25-13-4-14-26-46)66-63(68-59)51-29-17-6-18-30-51/h1-42H. The minimum atomic E-state index is 0.621. The van der Waals surface area contributed by atoms with Gasteiger partial charge in [-0.2, -0.15) is 0 Å². The van der Waals surface area contributed by atoms with Gasteiger partial charge in [0, 0.05) is 55.5 Å². The van der Waals surface area contributed by atoms with Crippen LogP contribution >= 0.6 is 0 Å². The highest BCUT2D eigenvalue weighted by molar-refractivity contribution is 6.04. The fraction of sp³-hybridized carbons (Fsp3) is 0. The molecule has 0 aliphatic carbocycles. The lowest BCUT2D eigenvalue weighted by Crippen LogP contribution is -1.99. The molecule has 0 atom stereocenters. The molecule has 0 N–H and O–H groups in total. The van der Waals surface area contributed by atoms with Gasteiger partial charge in [-0.1, -0.05) is 231 Å². The molecular weight excluding hydrogens is 853 g/mol. The average Bonchev–Trinajstić information content (AvgIpc) is 3.46. The Morgan fingerprint density at radius 1 is 0.200 bits per heavy atom. The molecule has 3 aromatic heterocycles. The van der Waals surface area contributed by atoms with Gasteiger partial charge < -0.3 is 0 Å². The van der Waals surface area contributed by atoms with Crippen molar-refractivity contribution in [3.63, 3.8) is 0 Å². The Labute approximate surface area is 406 Å². The molecule has 6 heteroatoms. The Balaban J connectivity index is 1.01. The number of benzene rings is 9. The van der Waals surface area contributed by atoms with Crippen LogP contribution in [0.5, 0.6) is 0 Å². The molecule has 0 bridgehead atoms. The van der Waals surface area contributed by atoms with Crippen molar-refractivity contribution in [2.45, 2.75) is 0 Å². The number of fused-ring (bicyclic) bond motifs is 1. The van der Waals surface area contributed by atoms with Crippen LogP contribution in [0.3, 0.4) is 0 Å². The van der Waals surface area contributed by atoms with E-state index in [1.807, 2.05) is 91.0 Å². The van der Waals surface area contributed by atoms with Gasteiger partial charge in [-0.05, 0) is 41.0 Å². The van der Waals surface area contributed by atoms with Gasteiger partial charge in [0.15, 0.2) is 17.5 Å². The first-order valence-electron chi connectivity index (χ1n) is 23.3. The predicted molar refractivity (Wildman–Crippen MR) is 285 cm³/mol. The molecule has 12 rings (SSSR count). The lowest BCUT2D eigenvalue weighted by molar-refractivity contribution is 1.18. The van der Waals surface area contributed by atoms with E-state index in [0.717, 1.165) is 106 Å². The molecule has 0 spiro atoms. The van der Waals surface area contributed by atoms with Crippen LogP contribution in [-0.4, -0.2) is 29.9 Å². The molecule has 0 unspecified atom stereocenters. The molecule has 12 aromatic rings. The van der Waals surface area contributed by atoms with Crippen LogP contribution in [0.1, 0.15) is 0 Å². The van der Waals surface area contributed by atoms with Gasteiger partial charge in [0.2, 0.25) is 0 Å². The second kappa shape index (κ2) is 18.6. The summed E-state index contributed by atoms with van der Waals surface area (Å²) >= 11 is 0. The Bertz CT molecular complexity index is 3640. The first-order valence-corrected chi connectivity index (χ1v) is 23.3. The average molecular weight is 895 g/mol. The van der Waals surface area contributed by atoms with Crippen molar-refractivity contribution >= 4 is 10.9 Å². The van der Waals surface area contributed by atoms with E-state index in [9.17, 15) is 0 Å². The molecule has 0 aliphatic rings. The molecule has 0 saturated carbocycles. The third kappa shape index (κ3) is 8.53. The van der Waals surface area contributed by atoms with E-state index in [4.69, 9.17) is 29.9 Å². The van der Waals surface area contributed by atoms with Gasteiger partial charge in [0.25, 0.3) is 0 Å². The van der Waals surface area contributed by atoms with E-state index in [-0.39, 0.29) is 0 Å². The minimum absolute atomic E-state index is 0.621. The van der Waals surface area contributed by atoms with Crippen LogP contribution in [-0.2, 0) is 0 Å². The molecule has 0 radical (unpaired) electrons. The van der Waals surface area contributed by atoms with Crippen molar-refractivity contribution in [3.8, 4) is 113 Å². The smallest absolute Gasteiger partial charge is 0.160 e. The summed E-state index contributed by atoms with van der Waals surface area (Å²) in [5.74, 6) is 1.97. The van der Waals surface area contributed by atoms with Gasteiger partial charge in [0.05, 0.1) is 34.0 Å². The molecule has 328 valence electrons. The van der Waals surface area contributed by atoms with Gasteiger partial charge in [-0.3, -0.25) is 0 Å². The number of hydrogen-bond acceptors (Lipinski definition) is 6. The van der Waals surface area contributed by atoms with Crippen LogP contribution < -0.4 is 0 Å². The van der Waals surface area contributed by atoms with E-state index >= 15 is 0 Å². The second-order valence-electron chi connectivity index (χ2n) is 17.1. The number of hydrogen-bond donors (Lipinski definition) is 0. The largest absolute Gasteiger partial charge is 0.228 e. The second-order valence-corrected chi connectivity index (χ2v) is 17.1. The Morgan fingerprint density at radius 3 is 0.943 bits per heavy atom. The number of aromatic nitrogens is 6. The number of rotatable bonds is 10. The zero-order chi connectivity index (χ0) is 46.6. The Kier molecular flexibility index (Phi) is 11.1. The molecule has 3 heterocycles. The van der Waals surface area contributed by atoms with E-state index in [2.05, 4.69) is 164 Å². The summed E-state index contributed by atoms with van der Waals surface area (Å²) in [5, 5.41) is 0.955. The first kappa shape index (κ1) is 41.9. The van der Waals surface area contributed by atoms with Crippen molar-refractivity contribution < 1.29 is 0 Å². The molecule has 9 aromatic carbocycles. The van der Waals surface area contributed by atoms with Gasteiger partial charge >= 0.3 is 0 Å². The third-order valence-corrected chi connectivity index (χ3v) is 12.5. The molecule has 6 nitrogen and oxygen atoms in total. The summed E-state index contributed by atoms with van der Waals surface area (Å²) in [6.45, 7) is 0. The lowest BCUT2D eigenvalue weighted by Gasteiger charge is -2.16. The van der Waals surface area contributed by atoms with E-state index in [0.29, 0.717) is 17.5 Å². The predicted octanol–water partition coefficient (Wildman–Crippen LogP) is 15.9. The Morgan fingerprint density at radius 2 is 0.514 bits per heavy atom. The van der Waals surface area contributed by atoms with Crippen molar-refractivity contribution in [1.29, 1.82) is 0 Å². The fourth-order valence-corrected chi connectivity index (χ4v) is 8.94. The summed E-state index contributed by atoms with van der Waals surface area (Å²) in [7, 11) is 0. The first-order chi connectivity index (χ1) is 34.7. The summed E-state index contributed by atoms with van der Waals surface area (Å²) < 4.78 is 0. The quantitative estimate of drug-likeness (QED) is 0.136. The van der Waals surface area contributed by atoms with Crippen LogP contribution in [0.2, 0.25) is 0 Å².